The molecule has 1 aliphatic carbocycles. The van der Waals surface area contributed by atoms with Gasteiger partial charge in [0.05, 0.1) is 6.10 Å². The molecule has 20 heavy (non-hydrogen) atoms. The fourth-order valence-electron chi connectivity index (χ4n) is 3.97. The van der Waals surface area contributed by atoms with Crippen LogP contribution in [0, 0.1) is 12.8 Å². The lowest BCUT2D eigenvalue weighted by Gasteiger charge is -2.45. The van der Waals surface area contributed by atoms with Crippen molar-refractivity contribution in [1.29, 1.82) is 0 Å². The van der Waals surface area contributed by atoms with Crippen LogP contribution in [0.1, 0.15) is 69.1 Å². The van der Waals surface area contributed by atoms with Crippen molar-refractivity contribution in [2.75, 3.05) is 0 Å². The summed E-state index contributed by atoms with van der Waals surface area (Å²) in [6, 6.07) is 6.18. The van der Waals surface area contributed by atoms with Crippen LogP contribution in [-0.4, -0.2) is 10.7 Å². The van der Waals surface area contributed by atoms with E-state index in [0.29, 0.717) is 0 Å². The minimum atomic E-state index is -0.360. The normalized spacial score (nSPS) is 32.8. The number of benzene rings is 1. The van der Waals surface area contributed by atoms with Crippen LogP contribution >= 0.6 is 0 Å². The Bertz CT molecular complexity index is 472. The van der Waals surface area contributed by atoms with E-state index in [4.69, 9.17) is 4.74 Å². The highest BCUT2D eigenvalue weighted by Gasteiger charge is 2.42. The van der Waals surface area contributed by atoms with E-state index in [2.05, 4.69) is 26.0 Å². The molecule has 2 aliphatic rings. The van der Waals surface area contributed by atoms with Crippen molar-refractivity contribution in [1.82, 2.24) is 0 Å². The van der Waals surface area contributed by atoms with Gasteiger partial charge in [-0.05, 0) is 50.7 Å². The summed E-state index contributed by atoms with van der Waals surface area (Å²) in [6.45, 7) is 4.33. The van der Waals surface area contributed by atoms with Crippen LogP contribution in [0.2, 0.25) is 0 Å². The molecule has 0 saturated heterocycles. The van der Waals surface area contributed by atoms with E-state index < -0.39 is 0 Å². The second-order valence-corrected chi connectivity index (χ2v) is 6.78. The van der Waals surface area contributed by atoms with Crippen LogP contribution in [0.25, 0.3) is 0 Å². The van der Waals surface area contributed by atoms with Crippen molar-refractivity contribution >= 4 is 0 Å². The van der Waals surface area contributed by atoms with E-state index in [1.54, 1.807) is 0 Å². The van der Waals surface area contributed by atoms with Crippen LogP contribution in [0.4, 0.5) is 0 Å². The number of ether oxygens (including phenoxy) is 1. The lowest BCUT2D eigenvalue weighted by atomic mass is 9.73. The van der Waals surface area contributed by atoms with Crippen molar-refractivity contribution in [2.24, 2.45) is 5.92 Å². The number of aryl methyl sites for hydroxylation is 1. The van der Waals surface area contributed by atoms with Gasteiger partial charge in [-0.1, -0.05) is 31.4 Å². The van der Waals surface area contributed by atoms with Crippen molar-refractivity contribution in [3.05, 3.63) is 29.3 Å². The maximum absolute atomic E-state index is 10.5. The Hall–Kier alpha value is -1.02. The van der Waals surface area contributed by atoms with Crippen molar-refractivity contribution in [3.63, 3.8) is 0 Å². The highest BCUT2D eigenvalue weighted by Crippen LogP contribution is 2.47. The Morgan fingerprint density at radius 1 is 1.30 bits per heavy atom. The molecule has 1 saturated carbocycles. The molecule has 2 nitrogen and oxygen atoms in total. The molecule has 110 valence electrons. The summed E-state index contributed by atoms with van der Waals surface area (Å²) >= 11 is 0. The highest BCUT2D eigenvalue weighted by molar-refractivity contribution is 5.41. The summed E-state index contributed by atoms with van der Waals surface area (Å²) in [5, 5.41) is 10.5. The highest BCUT2D eigenvalue weighted by atomic mass is 16.5. The van der Waals surface area contributed by atoms with Crippen LogP contribution in [-0.2, 0) is 0 Å². The van der Waals surface area contributed by atoms with Gasteiger partial charge < -0.3 is 9.84 Å². The molecule has 0 radical (unpaired) electrons. The molecular formula is C18H26O2. The van der Waals surface area contributed by atoms with E-state index in [9.17, 15) is 5.11 Å². The monoisotopic (exact) mass is 274 g/mol. The Kier molecular flexibility index (Phi) is 3.76. The third kappa shape index (κ3) is 2.58. The lowest BCUT2D eigenvalue weighted by molar-refractivity contribution is -0.0474. The third-order valence-electron chi connectivity index (χ3n) is 5.13. The Balaban J connectivity index is 1.76. The summed E-state index contributed by atoms with van der Waals surface area (Å²) in [6.07, 6.45) is 7.73. The van der Waals surface area contributed by atoms with E-state index in [1.165, 1.54) is 31.2 Å². The standard InChI is InChI=1S/C18H26O2/c1-3-4-14-7-9-18(10-8-14)12-16(19)15-11-13(2)5-6-17(15)20-18/h5-6,11,14,16,19H,3-4,7-10,12H2,1-2H3/t14?,16-,18?/m1/s1. The summed E-state index contributed by atoms with van der Waals surface area (Å²) in [4.78, 5) is 0. The first-order valence-electron chi connectivity index (χ1n) is 8.09. The van der Waals surface area contributed by atoms with Gasteiger partial charge in [0.1, 0.15) is 11.4 Å². The van der Waals surface area contributed by atoms with Gasteiger partial charge >= 0.3 is 0 Å². The number of hydrogen-bond acceptors (Lipinski definition) is 2. The number of hydrogen-bond donors (Lipinski definition) is 1. The number of rotatable bonds is 2. The predicted molar refractivity (Wildman–Crippen MR) is 81.0 cm³/mol. The van der Waals surface area contributed by atoms with Crippen LogP contribution in [0.3, 0.4) is 0 Å². The summed E-state index contributed by atoms with van der Waals surface area (Å²) < 4.78 is 6.35. The summed E-state index contributed by atoms with van der Waals surface area (Å²) in [5.41, 5.74) is 2.06. The number of fused-ring (bicyclic) bond motifs is 1. The second kappa shape index (κ2) is 5.40. The lowest BCUT2D eigenvalue weighted by Crippen LogP contribution is -2.44. The SMILES string of the molecule is CCCC1CCC2(CC1)C[C@@H](O)c1cc(C)ccc1O2. The largest absolute Gasteiger partial charge is 0.487 e. The molecular weight excluding hydrogens is 248 g/mol. The Morgan fingerprint density at radius 3 is 2.75 bits per heavy atom. The molecule has 0 aromatic heterocycles. The first kappa shape index (κ1) is 13.9. The molecule has 0 amide bonds. The topological polar surface area (TPSA) is 29.5 Å². The van der Waals surface area contributed by atoms with Gasteiger partial charge in [0, 0.05) is 12.0 Å². The first-order chi connectivity index (χ1) is 9.62. The molecule has 1 aromatic rings. The van der Waals surface area contributed by atoms with Gasteiger partial charge in [-0.25, -0.2) is 0 Å². The van der Waals surface area contributed by atoms with Crippen LogP contribution in [0.15, 0.2) is 18.2 Å². The smallest absolute Gasteiger partial charge is 0.125 e. The third-order valence-corrected chi connectivity index (χ3v) is 5.13. The molecule has 1 spiro atoms. The maximum atomic E-state index is 10.5. The second-order valence-electron chi connectivity index (χ2n) is 6.78. The van der Waals surface area contributed by atoms with Crippen LogP contribution < -0.4 is 4.74 Å². The first-order valence-corrected chi connectivity index (χ1v) is 8.09. The summed E-state index contributed by atoms with van der Waals surface area (Å²) in [5.74, 6) is 1.77. The molecule has 1 heterocycles. The van der Waals surface area contributed by atoms with Gasteiger partial charge in [0.15, 0.2) is 0 Å². The van der Waals surface area contributed by atoms with Gasteiger partial charge in [-0.3, -0.25) is 0 Å². The minimum absolute atomic E-state index is 0.105. The predicted octanol–water partition coefficient (Wildman–Crippen LogP) is 4.54. The number of aliphatic hydroxyl groups excluding tert-OH is 1. The van der Waals surface area contributed by atoms with Gasteiger partial charge in [-0.2, -0.15) is 0 Å². The fourth-order valence-corrected chi connectivity index (χ4v) is 3.97. The summed E-state index contributed by atoms with van der Waals surface area (Å²) in [7, 11) is 0. The minimum Gasteiger partial charge on any atom is -0.487 e. The van der Waals surface area contributed by atoms with Crippen molar-refractivity contribution in [2.45, 2.75) is 70.5 Å². The zero-order chi connectivity index (χ0) is 14.2. The van der Waals surface area contributed by atoms with Crippen LogP contribution in [0.5, 0.6) is 5.75 Å². The van der Waals surface area contributed by atoms with Crippen molar-refractivity contribution < 1.29 is 9.84 Å². The van der Waals surface area contributed by atoms with E-state index in [1.807, 2.05) is 6.07 Å². The molecule has 1 fully saturated rings. The van der Waals surface area contributed by atoms with Gasteiger partial charge in [0.25, 0.3) is 0 Å². The van der Waals surface area contributed by atoms with E-state index in [0.717, 1.165) is 36.5 Å². The number of aliphatic hydroxyl groups is 1. The quantitative estimate of drug-likeness (QED) is 0.858. The Morgan fingerprint density at radius 2 is 2.05 bits per heavy atom. The fraction of sp³-hybridized carbons (Fsp3) is 0.667. The molecule has 3 rings (SSSR count). The molecule has 0 unspecified atom stereocenters. The molecule has 1 atom stereocenters. The van der Waals surface area contributed by atoms with E-state index in [-0.39, 0.29) is 11.7 Å². The van der Waals surface area contributed by atoms with Crippen molar-refractivity contribution in [3.8, 4) is 5.75 Å². The van der Waals surface area contributed by atoms with Gasteiger partial charge in [-0.15, -0.1) is 0 Å². The molecule has 1 aliphatic heterocycles. The molecule has 1 N–H and O–H groups in total. The average Bonchev–Trinajstić information content (AvgIpc) is 2.43. The van der Waals surface area contributed by atoms with E-state index >= 15 is 0 Å². The Labute approximate surface area is 122 Å². The zero-order valence-electron chi connectivity index (χ0n) is 12.7. The zero-order valence-corrected chi connectivity index (χ0v) is 12.7. The molecule has 1 aromatic carbocycles. The van der Waals surface area contributed by atoms with Gasteiger partial charge in [0.2, 0.25) is 0 Å². The molecule has 2 heteroatoms. The molecule has 0 bridgehead atoms. The average molecular weight is 274 g/mol. The maximum Gasteiger partial charge on any atom is 0.125 e.